The minimum absolute atomic E-state index is 0.397. The highest BCUT2D eigenvalue weighted by Gasteiger charge is 2.38. The number of thioether (sulfide) groups is 1. The fourth-order valence-electron chi connectivity index (χ4n) is 5.89. The summed E-state index contributed by atoms with van der Waals surface area (Å²) in [4.78, 5) is 2.30. The van der Waals surface area contributed by atoms with Gasteiger partial charge in [0.25, 0.3) is 0 Å². The highest BCUT2D eigenvalue weighted by Crippen LogP contribution is 2.41. The monoisotopic (exact) mass is 625 g/mol. The molecule has 0 aromatic heterocycles. The lowest BCUT2D eigenvalue weighted by Gasteiger charge is -2.37. The van der Waals surface area contributed by atoms with Crippen LogP contribution in [0.3, 0.4) is 0 Å². The molecule has 3 aromatic carbocycles. The molecule has 0 aliphatic carbocycles. The molecule has 45 heavy (non-hydrogen) atoms. The van der Waals surface area contributed by atoms with E-state index in [2.05, 4.69) is 153 Å². The van der Waals surface area contributed by atoms with E-state index in [4.69, 9.17) is 4.74 Å². The minimum Gasteiger partial charge on any atom is -0.360 e. The Morgan fingerprint density at radius 3 is 1.58 bits per heavy atom. The normalized spacial score (nSPS) is 12.9. The molecule has 3 rings (SSSR count). The Labute approximate surface area is 280 Å². The zero-order valence-electron chi connectivity index (χ0n) is 28.4. The lowest BCUT2D eigenvalue weighted by atomic mass is 9.80. The molecule has 0 heterocycles. The van der Waals surface area contributed by atoms with E-state index in [0.717, 1.165) is 13.0 Å². The highest BCUT2D eigenvalue weighted by molar-refractivity contribution is 7.99. The van der Waals surface area contributed by atoms with Crippen LogP contribution in [0.5, 0.6) is 0 Å². The quantitative estimate of drug-likeness (QED) is 0.0558. The van der Waals surface area contributed by atoms with Gasteiger partial charge in [0, 0.05) is 11.8 Å². The molecule has 0 fully saturated rings. The van der Waals surface area contributed by atoms with Crippen molar-refractivity contribution in [3.8, 4) is 0 Å². The van der Waals surface area contributed by atoms with E-state index < -0.39 is 5.60 Å². The van der Waals surface area contributed by atoms with Crippen molar-refractivity contribution in [1.29, 1.82) is 0 Å². The minimum atomic E-state index is -0.658. The van der Waals surface area contributed by atoms with Crippen LogP contribution in [0.4, 0.5) is 0 Å². The summed E-state index contributed by atoms with van der Waals surface area (Å²) in [7, 11) is 4.35. The van der Waals surface area contributed by atoms with Crippen LogP contribution in [0.15, 0.2) is 115 Å². The number of benzene rings is 3. The largest absolute Gasteiger partial charge is 0.360 e. The standard InChI is InChI=1S/C42H59NOS/c1-4-5-6-7-8-9-10-11-12-13-14-15-16-17-18-28-35-45-41(36-43(2)3)37-44-42(38-29-22-19-23-30-38,39-31-24-20-25-32-39)40-33-26-21-27-34-40/h8-9,11-12,19-27,29-34,41H,4-7,10,13-18,28,35-37H2,1-3H3/b9-8-,12-11-. The molecular formula is C42H59NOS. The summed E-state index contributed by atoms with van der Waals surface area (Å²) in [6.45, 7) is 3.95. The van der Waals surface area contributed by atoms with Crippen molar-refractivity contribution in [3.05, 3.63) is 132 Å². The van der Waals surface area contributed by atoms with Gasteiger partial charge in [0.15, 0.2) is 0 Å². The molecule has 1 atom stereocenters. The van der Waals surface area contributed by atoms with Crippen LogP contribution in [-0.2, 0) is 10.3 Å². The number of nitrogens with zero attached hydrogens (tertiary/aromatic N) is 1. The Bertz CT molecular complexity index is 1080. The van der Waals surface area contributed by atoms with Crippen LogP contribution in [0.2, 0.25) is 0 Å². The number of ether oxygens (including phenoxy) is 1. The summed E-state index contributed by atoms with van der Waals surface area (Å²) in [5.41, 5.74) is 2.85. The van der Waals surface area contributed by atoms with Crippen LogP contribution in [0.1, 0.15) is 101 Å². The molecule has 0 aliphatic heterocycles. The molecule has 1 unspecified atom stereocenters. The van der Waals surface area contributed by atoms with E-state index in [1.165, 1.54) is 93.1 Å². The summed E-state index contributed by atoms with van der Waals surface area (Å²) in [6, 6.07) is 32.2. The van der Waals surface area contributed by atoms with E-state index in [-0.39, 0.29) is 0 Å². The second-order valence-corrected chi connectivity index (χ2v) is 13.8. The van der Waals surface area contributed by atoms with Gasteiger partial charge in [-0.1, -0.05) is 161 Å². The predicted octanol–water partition coefficient (Wildman–Crippen LogP) is 11.5. The third kappa shape index (κ3) is 13.7. The van der Waals surface area contributed by atoms with Gasteiger partial charge in [-0.2, -0.15) is 11.8 Å². The third-order valence-corrected chi connectivity index (χ3v) is 9.57. The number of hydrogen-bond acceptors (Lipinski definition) is 3. The molecule has 0 amide bonds. The molecule has 0 saturated heterocycles. The van der Waals surface area contributed by atoms with Crippen molar-refractivity contribution >= 4 is 11.8 Å². The number of allylic oxidation sites excluding steroid dienone is 4. The lowest BCUT2D eigenvalue weighted by Crippen LogP contribution is -2.37. The van der Waals surface area contributed by atoms with E-state index >= 15 is 0 Å². The third-order valence-electron chi connectivity index (χ3n) is 8.29. The maximum absolute atomic E-state index is 7.18. The Balaban J connectivity index is 1.46. The molecule has 0 spiro atoms. The van der Waals surface area contributed by atoms with Crippen LogP contribution in [0, 0.1) is 0 Å². The molecule has 0 saturated carbocycles. The van der Waals surface area contributed by atoms with Gasteiger partial charge in [-0.15, -0.1) is 0 Å². The zero-order chi connectivity index (χ0) is 31.8. The van der Waals surface area contributed by atoms with Gasteiger partial charge >= 0.3 is 0 Å². The Morgan fingerprint density at radius 2 is 1.09 bits per heavy atom. The molecule has 0 N–H and O–H groups in total. The molecule has 0 radical (unpaired) electrons. The maximum atomic E-state index is 7.18. The van der Waals surface area contributed by atoms with Crippen molar-refractivity contribution in [2.75, 3.05) is 33.0 Å². The fraction of sp³-hybridized carbons (Fsp3) is 0.476. The molecule has 244 valence electrons. The maximum Gasteiger partial charge on any atom is 0.143 e. The molecule has 2 nitrogen and oxygen atoms in total. The Morgan fingerprint density at radius 1 is 0.622 bits per heavy atom. The van der Waals surface area contributed by atoms with E-state index in [0.29, 0.717) is 11.9 Å². The summed E-state index contributed by atoms with van der Waals surface area (Å²) in [5, 5.41) is 0.397. The second kappa shape index (κ2) is 22.8. The van der Waals surface area contributed by atoms with Gasteiger partial charge < -0.3 is 9.64 Å². The second-order valence-electron chi connectivity index (χ2n) is 12.4. The van der Waals surface area contributed by atoms with Crippen molar-refractivity contribution in [1.82, 2.24) is 4.90 Å². The first kappa shape index (κ1) is 36.9. The van der Waals surface area contributed by atoms with E-state index in [1.807, 2.05) is 0 Å². The van der Waals surface area contributed by atoms with Crippen LogP contribution in [-0.4, -0.2) is 43.1 Å². The first-order chi connectivity index (χ1) is 22.2. The Hall–Kier alpha value is -2.59. The van der Waals surface area contributed by atoms with E-state index in [9.17, 15) is 0 Å². The van der Waals surface area contributed by atoms with Gasteiger partial charge in [-0.25, -0.2) is 0 Å². The van der Waals surface area contributed by atoms with Crippen molar-refractivity contribution < 1.29 is 4.74 Å². The van der Waals surface area contributed by atoms with Crippen molar-refractivity contribution in [3.63, 3.8) is 0 Å². The SMILES string of the molecule is CCCCC/C=C\C/C=C\CCCCCCCCSC(COC(c1ccccc1)(c1ccccc1)c1ccccc1)CN(C)C. The lowest BCUT2D eigenvalue weighted by molar-refractivity contribution is 0.0118. The molecule has 0 aliphatic rings. The van der Waals surface area contributed by atoms with Crippen LogP contribution in [0.25, 0.3) is 0 Å². The van der Waals surface area contributed by atoms with Gasteiger partial charge in [-0.3, -0.25) is 0 Å². The number of rotatable bonds is 24. The molecule has 0 bridgehead atoms. The average Bonchev–Trinajstić information content (AvgIpc) is 3.07. The van der Waals surface area contributed by atoms with Gasteiger partial charge in [0.1, 0.15) is 5.60 Å². The van der Waals surface area contributed by atoms with Gasteiger partial charge in [-0.05, 0) is 75.1 Å². The van der Waals surface area contributed by atoms with Crippen molar-refractivity contribution in [2.24, 2.45) is 0 Å². The van der Waals surface area contributed by atoms with Gasteiger partial charge in [0.2, 0.25) is 0 Å². The topological polar surface area (TPSA) is 12.5 Å². The predicted molar refractivity (Wildman–Crippen MR) is 199 cm³/mol. The Kier molecular flexibility index (Phi) is 18.7. The molecular weight excluding hydrogens is 567 g/mol. The zero-order valence-corrected chi connectivity index (χ0v) is 29.2. The average molecular weight is 626 g/mol. The van der Waals surface area contributed by atoms with Crippen molar-refractivity contribution in [2.45, 2.75) is 94.8 Å². The summed E-state index contributed by atoms with van der Waals surface area (Å²) in [6.07, 6.45) is 24.9. The summed E-state index contributed by atoms with van der Waals surface area (Å²) < 4.78 is 7.18. The van der Waals surface area contributed by atoms with Crippen LogP contribution < -0.4 is 0 Å². The van der Waals surface area contributed by atoms with Gasteiger partial charge in [0.05, 0.1) is 6.61 Å². The smallest absolute Gasteiger partial charge is 0.143 e. The van der Waals surface area contributed by atoms with E-state index in [1.54, 1.807) is 0 Å². The number of unbranched alkanes of at least 4 members (excludes halogenated alkanes) is 9. The number of hydrogen-bond donors (Lipinski definition) is 0. The fourth-order valence-corrected chi connectivity index (χ4v) is 7.16. The first-order valence-electron chi connectivity index (χ1n) is 17.5. The highest BCUT2D eigenvalue weighted by atomic mass is 32.2. The summed E-state index contributed by atoms with van der Waals surface area (Å²) >= 11 is 2.08. The summed E-state index contributed by atoms with van der Waals surface area (Å²) in [5.74, 6) is 1.19. The molecule has 3 heteroatoms. The molecule has 3 aromatic rings. The van der Waals surface area contributed by atoms with Crippen LogP contribution >= 0.6 is 11.8 Å². The first-order valence-corrected chi connectivity index (χ1v) is 18.6.